The highest BCUT2D eigenvalue weighted by molar-refractivity contribution is 7.92. The number of sulfonamides is 1. The number of fused-ring (bicyclic) bond motifs is 1. The second kappa shape index (κ2) is 4.77. The van der Waals surface area contributed by atoms with Gasteiger partial charge in [-0.15, -0.1) is 0 Å². The molecular weight excluding hydrogens is 290 g/mol. The van der Waals surface area contributed by atoms with Crippen molar-refractivity contribution in [3.05, 3.63) is 36.2 Å². The van der Waals surface area contributed by atoms with Crippen molar-refractivity contribution in [3.8, 4) is 5.75 Å². The zero-order valence-electron chi connectivity index (χ0n) is 12.1. The van der Waals surface area contributed by atoms with Gasteiger partial charge in [0, 0.05) is 26.7 Å². The molecule has 0 aliphatic carbocycles. The van der Waals surface area contributed by atoms with Gasteiger partial charge in [-0.05, 0) is 30.7 Å². The number of aromatic nitrogens is 2. The van der Waals surface area contributed by atoms with Crippen LogP contribution in [0, 0.1) is 0 Å². The first-order valence-electron chi connectivity index (χ1n) is 6.65. The zero-order chi connectivity index (χ0) is 15.2. The quantitative estimate of drug-likeness (QED) is 0.863. The Kier molecular flexibility index (Phi) is 3.16. The number of rotatable bonds is 3. The number of nitrogens with zero attached hydrogens (tertiary/aromatic N) is 3. The van der Waals surface area contributed by atoms with E-state index in [2.05, 4.69) is 5.10 Å². The molecule has 0 fully saturated rings. The van der Waals surface area contributed by atoms with Crippen LogP contribution in [0.3, 0.4) is 0 Å². The van der Waals surface area contributed by atoms with Crippen molar-refractivity contribution >= 4 is 15.7 Å². The molecule has 6 nitrogen and oxygen atoms in total. The number of hydrogen-bond acceptors (Lipinski definition) is 4. The molecule has 1 aromatic carbocycles. The molecule has 21 heavy (non-hydrogen) atoms. The number of aryl methyl sites for hydroxylation is 1. The van der Waals surface area contributed by atoms with E-state index in [0.717, 1.165) is 17.7 Å². The van der Waals surface area contributed by atoms with Crippen molar-refractivity contribution in [1.82, 2.24) is 9.78 Å². The van der Waals surface area contributed by atoms with E-state index in [9.17, 15) is 8.42 Å². The Labute approximate surface area is 124 Å². The van der Waals surface area contributed by atoms with Crippen LogP contribution in [0.25, 0.3) is 0 Å². The molecule has 2 heterocycles. The molecule has 0 spiro atoms. The van der Waals surface area contributed by atoms with Crippen molar-refractivity contribution in [2.45, 2.75) is 24.3 Å². The second-order valence-electron chi connectivity index (χ2n) is 5.25. The van der Waals surface area contributed by atoms with Gasteiger partial charge >= 0.3 is 0 Å². The van der Waals surface area contributed by atoms with Gasteiger partial charge in [-0.1, -0.05) is 0 Å². The Morgan fingerprint density at radius 2 is 2.19 bits per heavy atom. The van der Waals surface area contributed by atoms with Crippen molar-refractivity contribution in [1.29, 1.82) is 0 Å². The van der Waals surface area contributed by atoms with E-state index in [0.29, 0.717) is 5.69 Å². The summed E-state index contributed by atoms with van der Waals surface area (Å²) < 4.78 is 33.7. The molecule has 2 aromatic rings. The van der Waals surface area contributed by atoms with Gasteiger partial charge in [0.25, 0.3) is 10.0 Å². The Morgan fingerprint density at radius 1 is 1.43 bits per heavy atom. The predicted octanol–water partition coefficient (Wildman–Crippen LogP) is 1.57. The Balaban J connectivity index is 1.97. The summed E-state index contributed by atoms with van der Waals surface area (Å²) >= 11 is 0. The summed E-state index contributed by atoms with van der Waals surface area (Å²) in [4.78, 5) is 0.269. The smallest absolute Gasteiger partial charge is 0.264 e. The molecule has 0 saturated heterocycles. The molecule has 0 N–H and O–H groups in total. The summed E-state index contributed by atoms with van der Waals surface area (Å²) in [5.74, 6) is 0.769. The molecule has 1 aliphatic heterocycles. The number of benzene rings is 1. The fourth-order valence-electron chi connectivity index (χ4n) is 2.43. The monoisotopic (exact) mass is 307 g/mol. The van der Waals surface area contributed by atoms with Crippen molar-refractivity contribution in [3.63, 3.8) is 0 Å². The first-order chi connectivity index (χ1) is 9.88. The molecule has 1 atom stereocenters. The van der Waals surface area contributed by atoms with E-state index in [1.165, 1.54) is 17.5 Å². The van der Waals surface area contributed by atoms with Crippen LogP contribution < -0.4 is 9.04 Å². The van der Waals surface area contributed by atoms with Gasteiger partial charge in [-0.25, -0.2) is 8.42 Å². The lowest BCUT2D eigenvalue weighted by Gasteiger charge is -2.17. The molecule has 112 valence electrons. The topological polar surface area (TPSA) is 64.4 Å². The van der Waals surface area contributed by atoms with Gasteiger partial charge in [0.05, 0.1) is 16.8 Å². The standard InChI is InChI=1S/C14H17N3O3S/c1-10-6-11-7-13(4-5-14(11)20-10)21(18,19)17(3)12-8-15-16(2)9-12/h4-5,7-10H,6H2,1-3H3. The fraction of sp³-hybridized carbons (Fsp3) is 0.357. The van der Waals surface area contributed by atoms with Gasteiger partial charge in [0.2, 0.25) is 0 Å². The number of ether oxygens (including phenoxy) is 1. The highest BCUT2D eigenvalue weighted by Crippen LogP contribution is 2.32. The summed E-state index contributed by atoms with van der Waals surface area (Å²) in [7, 11) is -0.319. The summed E-state index contributed by atoms with van der Waals surface area (Å²) in [5, 5.41) is 4.00. The minimum atomic E-state index is -3.59. The lowest BCUT2D eigenvalue weighted by molar-refractivity contribution is 0.254. The molecule has 0 bridgehead atoms. The van der Waals surface area contributed by atoms with Gasteiger partial charge < -0.3 is 4.74 Å². The SMILES string of the molecule is CC1Cc2cc(S(=O)(=O)N(C)c3cnn(C)c3)ccc2O1. The zero-order valence-corrected chi connectivity index (χ0v) is 13.0. The van der Waals surface area contributed by atoms with Crippen LogP contribution in [-0.4, -0.2) is 31.3 Å². The van der Waals surface area contributed by atoms with Crippen LogP contribution >= 0.6 is 0 Å². The highest BCUT2D eigenvalue weighted by atomic mass is 32.2. The number of hydrogen-bond donors (Lipinski definition) is 0. The largest absolute Gasteiger partial charge is 0.490 e. The van der Waals surface area contributed by atoms with Gasteiger partial charge in [-0.3, -0.25) is 8.99 Å². The first kappa shape index (κ1) is 13.9. The van der Waals surface area contributed by atoms with Crippen LogP contribution in [0.2, 0.25) is 0 Å². The second-order valence-corrected chi connectivity index (χ2v) is 7.22. The van der Waals surface area contributed by atoms with E-state index in [1.54, 1.807) is 36.1 Å². The molecule has 0 radical (unpaired) electrons. The summed E-state index contributed by atoms with van der Waals surface area (Å²) in [6, 6.07) is 5.00. The normalized spacial score (nSPS) is 17.4. The van der Waals surface area contributed by atoms with Crippen LogP contribution in [0.15, 0.2) is 35.5 Å². The molecular formula is C14H17N3O3S. The molecule has 1 unspecified atom stereocenters. The van der Waals surface area contributed by atoms with Gasteiger partial charge in [0.1, 0.15) is 11.9 Å². The Morgan fingerprint density at radius 3 is 2.86 bits per heavy atom. The molecule has 1 aliphatic rings. The summed E-state index contributed by atoms with van der Waals surface area (Å²) in [6.45, 7) is 1.97. The van der Waals surface area contributed by atoms with Crippen molar-refractivity contribution in [2.75, 3.05) is 11.4 Å². The highest BCUT2D eigenvalue weighted by Gasteiger charge is 2.26. The molecule has 0 amide bonds. The maximum Gasteiger partial charge on any atom is 0.264 e. The third-order valence-electron chi connectivity index (χ3n) is 3.58. The minimum absolute atomic E-state index is 0.0917. The van der Waals surface area contributed by atoms with E-state index >= 15 is 0 Å². The van der Waals surface area contributed by atoms with Crippen molar-refractivity contribution < 1.29 is 13.2 Å². The summed E-state index contributed by atoms with van der Waals surface area (Å²) in [5.41, 5.74) is 1.46. The molecule has 1 aromatic heterocycles. The van der Waals surface area contributed by atoms with Crippen LogP contribution in [0.5, 0.6) is 5.75 Å². The van der Waals surface area contributed by atoms with E-state index in [4.69, 9.17) is 4.74 Å². The minimum Gasteiger partial charge on any atom is -0.490 e. The lowest BCUT2D eigenvalue weighted by Crippen LogP contribution is -2.26. The first-order valence-corrected chi connectivity index (χ1v) is 8.09. The Hall–Kier alpha value is -2.02. The maximum absolute atomic E-state index is 12.7. The third kappa shape index (κ3) is 2.37. The molecule has 3 rings (SSSR count). The van der Waals surface area contributed by atoms with Crippen LogP contribution in [-0.2, 0) is 23.5 Å². The lowest BCUT2D eigenvalue weighted by atomic mass is 10.1. The van der Waals surface area contributed by atoms with E-state index in [-0.39, 0.29) is 11.0 Å². The fourth-order valence-corrected chi connectivity index (χ4v) is 3.65. The van der Waals surface area contributed by atoms with Gasteiger partial charge in [-0.2, -0.15) is 5.10 Å². The third-order valence-corrected chi connectivity index (χ3v) is 5.36. The number of anilines is 1. The van der Waals surface area contributed by atoms with E-state index in [1.807, 2.05) is 6.92 Å². The predicted molar refractivity (Wildman–Crippen MR) is 79.0 cm³/mol. The van der Waals surface area contributed by atoms with Gasteiger partial charge in [0.15, 0.2) is 0 Å². The van der Waals surface area contributed by atoms with E-state index < -0.39 is 10.0 Å². The maximum atomic E-state index is 12.7. The van der Waals surface area contributed by atoms with Crippen molar-refractivity contribution in [2.24, 2.45) is 7.05 Å². The average molecular weight is 307 g/mol. The van der Waals surface area contributed by atoms with Crippen LogP contribution in [0.1, 0.15) is 12.5 Å². The summed E-state index contributed by atoms with van der Waals surface area (Å²) in [6.07, 6.45) is 4.01. The average Bonchev–Trinajstić information content (AvgIpc) is 3.01. The van der Waals surface area contributed by atoms with Crippen LogP contribution in [0.4, 0.5) is 5.69 Å². The molecule has 7 heteroatoms. The molecule has 0 saturated carbocycles. The Bertz CT molecular complexity index is 783.